The van der Waals surface area contributed by atoms with E-state index in [0.717, 1.165) is 54.0 Å². The summed E-state index contributed by atoms with van der Waals surface area (Å²) in [4.78, 5) is 6.91. The highest BCUT2D eigenvalue weighted by Gasteiger charge is 2.39. The van der Waals surface area contributed by atoms with Crippen molar-refractivity contribution >= 4 is 38.2 Å². The molecule has 6 rings (SSSR count). The van der Waals surface area contributed by atoms with Crippen LogP contribution in [0.3, 0.4) is 0 Å². The fourth-order valence-corrected chi connectivity index (χ4v) is 5.84. The van der Waals surface area contributed by atoms with Crippen LogP contribution in [0.1, 0.15) is 24.9 Å². The number of aromatic nitrogens is 3. The van der Waals surface area contributed by atoms with Crippen molar-refractivity contribution in [3.8, 4) is 5.69 Å². The summed E-state index contributed by atoms with van der Waals surface area (Å²) in [6.45, 7) is 3.97. The lowest BCUT2D eigenvalue weighted by Gasteiger charge is -2.27. The minimum Gasteiger partial charge on any atom is -0.363 e. The van der Waals surface area contributed by atoms with Gasteiger partial charge in [-0.1, -0.05) is 30.3 Å². The van der Waals surface area contributed by atoms with E-state index in [9.17, 15) is 8.42 Å². The Morgan fingerprint density at radius 1 is 1.11 bits per heavy atom. The lowest BCUT2D eigenvalue weighted by atomic mass is 10.1. The predicted octanol–water partition coefficient (Wildman–Crippen LogP) is 3.52. The van der Waals surface area contributed by atoms with Gasteiger partial charge in [-0.15, -0.1) is 5.10 Å². The molecule has 2 fully saturated rings. The van der Waals surface area contributed by atoms with Crippen molar-refractivity contribution in [1.82, 2.24) is 20.1 Å². The second-order valence-electron chi connectivity index (χ2n) is 9.66. The molecule has 9 nitrogen and oxygen atoms in total. The molecule has 0 saturated carbocycles. The lowest BCUT2D eigenvalue weighted by molar-refractivity contribution is 0.575. The van der Waals surface area contributed by atoms with Crippen molar-refractivity contribution in [2.45, 2.75) is 31.5 Å². The molecule has 2 unspecified atom stereocenters. The van der Waals surface area contributed by atoms with Crippen LogP contribution >= 0.6 is 0 Å². The highest BCUT2D eigenvalue weighted by Crippen LogP contribution is 2.36. The molecule has 0 amide bonds. The molecule has 0 spiro atoms. The number of anilines is 3. The Labute approximate surface area is 210 Å². The van der Waals surface area contributed by atoms with E-state index in [1.807, 2.05) is 47.1 Å². The van der Waals surface area contributed by atoms with Crippen LogP contribution in [0.4, 0.5) is 17.3 Å². The van der Waals surface area contributed by atoms with E-state index < -0.39 is 10.0 Å². The SMILES string of the molecule is C[C@H](Nc1cc(-n2nc(N3CC4CC3CN4)c3ccc(NS(C)(=O)=O)cc32)ccn1)c1ccccc1. The van der Waals surface area contributed by atoms with Crippen molar-refractivity contribution in [2.75, 3.05) is 34.3 Å². The Balaban J connectivity index is 1.41. The zero-order chi connectivity index (χ0) is 24.9. The summed E-state index contributed by atoms with van der Waals surface area (Å²) in [5.41, 5.74) is 3.36. The average molecular weight is 504 g/mol. The summed E-state index contributed by atoms with van der Waals surface area (Å²) in [6.07, 6.45) is 4.04. The van der Waals surface area contributed by atoms with Gasteiger partial charge in [0.1, 0.15) is 5.82 Å². The second-order valence-corrected chi connectivity index (χ2v) is 11.4. The summed E-state index contributed by atoms with van der Waals surface area (Å²) in [6, 6.07) is 20.7. The van der Waals surface area contributed by atoms with Gasteiger partial charge < -0.3 is 15.5 Å². The quantitative estimate of drug-likeness (QED) is 0.355. The number of pyridine rings is 1. The highest BCUT2D eigenvalue weighted by atomic mass is 32.2. The molecule has 2 aliphatic heterocycles. The van der Waals surface area contributed by atoms with Crippen molar-refractivity contribution < 1.29 is 8.42 Å². The van der Waals surface area contributed by atoms with Gasteiger partial charge in [0.15, 0.2) is 5.82 Å². The van der Waals surface area contributed by atoms with Crippen LogP contribution in [0.15, 0.2) is 66.9 Å². The molecule has 2 aromatic carbocycles. The first-order chi connectivity index (χ1) is 17.3. The van der Waals surface area contributed by atoms with Gasteiger partial charge in [0.25, 0.3) is 0 Å². The summed E-state index contributed by atoms with van der Waals surface area (Å²) >= 11 is 0. The maximum atomic E-state index is 11.9. The minimum absolute atomic E-state index is 0.0806. The molecular weight excluding hydrogens is 474 g/mol. The summed E-state index contributed by atoms with van der Waals surface area (Å²) in [5, 5.41) is 13.1. The molecule has 186 valence electrons. The standard InChI is InChI=1S/C26H29N7O2S/c1-17(18-6-4-3-5-7-18)29-25-14-21(10-11-27-25)33-24-13-19(31-36(2,34)35)8-9-23(24)26(30-33)32-16-20-12-22(32)15-28-20/h3-11,13-14,17,20,22,28,31H,12,15-16H2,1-2H3,(H,27,29)/t17-,20?,22?/m0/s1. The van der Waals surface area contributed by atoms with E-state index in [4.69, 9.17) is 5.10 Å². The Hall–Kier alpha value is -3.63. The van der Waals surface area contributed by atoms with Crippen LogP contribution in [-0.4, -0.2) is 54.6 Å². The topological polar surface area (TPSA) is 104 Å². The Kier molecular flexibility index (Phi) is 5.57. The third-order valence-electron chi connectivity index (χ3n) is 6.95. The number of rotatable bonds is 7. The van der Waals surface area contributed by atoms with Gasteiger partial charge >= 0.3 is 0 Å². The smallest absolute Gasteiger partial charge is 0.229 e. The fraction of sp³-hybridized carbons (Fsp3) is 0.308. The van der Waals surface area contributed by atoms with Gasteiger partial charge in [0.05, 0.1) is 23.1 Å². The molecule has 2 saturated heterocycles. The highest BCUT2D eigenvalue weighted by molar-refractivity contribution is 7.92. The van der Waals surface area contributed by atoms with Gasteiger partial charge in [-0.3, -0.25) is 4.72 Å². The number of fused-ring (bicyclic) bond motifs is 3. The molecule has 2 bridgehead atoms. The monoisotopic (exact) mass is 503 g/mol. The number of nitrogens with one attached hydrogen (secondary N) is 3. The zero-order valence-corrected chi connectivity index (χ0v) is 21.0. The van der Waals surface area contributed by atoms with E-state index in [2.05, 4.69) is 44.3 Å². The Bertz CT molecular complexity index is 1520. The molecule has 0 radical (unpaired) electrons. The summed E-state index contributed by atoms with van der Waals surface area (Å²) in [5.74, 6) is 1.66. The van der Waals surface area contributed by atoms with E-state index in [1.54, 1.807) is 12.3 Å². The second kappa shape index (κ2) is 8.79. The number of piperazine rings is 1. The van der Waals surface area contributed by atoms with Gasteiger partial charge in [0.2, 0.25) is 10.0 Å². The first-order valence-corrected chi connectivity index (χ1v) is 14.0. The van der Waals surface area contributed by atoms with Crippen LogP contribution < -0.4 is 20.3 Å². The van der Waals surface area contributed by atoms with E-state index in [1.165, 1.54) is 5.56 Å². The molecule has 2 aliphatic rings. The van der Waals surface area contributed by atoms with Crippen LogP contribution in [0, 0.1) is 0 Å². The summed E-state index contributed by atoms with van der Waals surface area (Å²) < 4.78 is 28.3. The Morgan fingerprint density at radius 2 is 1.94 bits per heavy atom. The average Bonchev–Trinajstić information content (AvgIpc) is 3.58. The van der Waals surface area contributed by atoms with Crippen molar-refractivity contribution in [3.63, 3.8) is 0 Å². The Morgan fingerprint density at radius 3 is 2.67 bits per heavy atom. The molecule has 2 aromatic heterocycles. The number of benzene rings is 2. The van der Waals surface area contributed by atoms with E-state index >= 15 is 0 Å². The molecule has 4 heterocycles. The lowest BCUT2D eigenvalue weighted by Crippen LogP contribution is -2.43. The molecule has 0 aliphatic carbocycles. The predicted molar refractivity (Wildman–Crippen MR) is 143 cm³/mol. The van der Waals surface area contributed by atoms with E-state index in [0.29, 0.717) is 17.8 Å². The largest absolute Gasteiger partial charge is 0.363 e. The number of nitrogens with zero attached hydrogens (tertiary/aromatic N) is 4. The third kappa shape index (κ3) is 4.38. The maximum Gasteiger partial charge on any atom is 0.229 e. The van der Waals surface area contributed by atoms with Crippen LogP contribution in [0.2, 0.25) is 0 Å². The first kappa shape index (κ1) is 22.8. The third-order valence-corrected chi connectivity index (χ3v) is 7.55. The first-order valence-electron chi connectivity index (χ1n) is 12.1. The minimum atomic E-state index is -3.40. The van der Waals surface area contributed by atoms with E-state index in [-0.39, 0.29) is 6.04 Å². The molecular formula is C26H29N7O2S. The van der Waals surface area contributed by atoms with Crippen LogP contribution in [-0.2, 0) is 10.0 Å². The maximum absolute atomic E-state index is 11.9. The van der Waals surface area contributed by atoms with Gasteiger partial charge in [-0.25, -0.2) is 18.1 Å². The molecule has 10 heteroatoms. The van der Waals surface area contributed by atoms with Gasteiger partial charge in [0, 0.05) is 48.9 Å². The summed E-state index contributed by atoms with van der Waals surface area (Å²) in [7, 11) is -3.40. The van der Waals surface area contributed by atoms with Crippen LogP contribution in [0.5, 0.6) is 0 Å². The molecule has 36 heavy (non-hydrogen) atoms. The number of hydrogen-bond donors (Lipinski definition) is 3. The van der Waals surface area contributed by atoms with Crippen molar-refractivity contribution in [3.05, 3.63) is 72.4 Å². The van der Waals surface area contributed by atoms with Crippen molar-refractivity contribution in [1.29, 1.82) is 0 Å². The molecule has 3 atom stereocenters. The zero-order valence-electron chi connectivity index (χ0n) is 20.2. The molecule has 4 aromatic rings. The fourth-order valence-electron chi connectivity index (χ4n) is 5.28. The number of hydrogen-bond acceptors (Lipinski definition) is 7. The number of sulfonamides is 1. The molecule has 3 N–H and O–H groups in total. The van der Waals surface area contributed by atoms with Gasteiger partial charge in [-0.2, -0.15) is 0 Å². The van der Waals surface area contributed by atoms with Crippen molar-refractivity contribution in [2.24, 2.45) is 0 Å². The normalized spacial score (nSPS) is 20.1. The van der Waals surface area contributed by atoms with Crippen LogP contribution in [0.25, 0.3) is 16.6 Å². The van der Waals surface area contributed by atoms with Gasteiger partial charge in [-0.05, 0) is 43.2 Å².